The largest absolute Gasteiger partial charge is 3.00 e. The molecule has 0 aromatic carbocycles. The number of hydrogen-bond donors (Lipinski definition) is 0. The first-order chi connectivity index (χ1) is 0. The summed E-state index contributed by atoms with van der Waals surface area (Å²) in [6.45, 7) is 0. The molecule has 0 atom stereocenters. The van der Waals surface area contributed by atoms with Crippen LogP contribution in [0.1, 0.15) is 0 Å². The van der Waals surface area contributed by atoms with Gasteiger partial charge in [-0.3, -0.25) is 0 Å². The van der Waals surface area contributed by atoms with Crippen molar-refractivity contribution in [2.24, 2.45) is 0 Å². The maximum atomic E-state index is 0. The minimum atomic E-state index is 0. The van der Waals surface area contributed by atoms with Gasteiger partial charge in [-0.1, -0.05) is 0 Å². The van der Waals surface area contributed by atoms with Crippen molar-refractivity contribution in [3.8, 4) is 0 Å². The van der Waals surface area contributed by atoms with Crippen molar-refractivity contribution in [3.05, 3.63) is 0 Å². The van der Waals surface area contributed by atoms with E-state index in [4.69, 9.17) is 0 Å². The van der Waals surface area contributed by atoms with Gasteiger partial charge in [0.15, 0.2) is 0 Å². The number of hydrogen-bond acceptors (Lipinski definition) is 0. The van der Waals surface area contributed by atoms with Crippen LogP contribution >= 0.6 is 0 Å². The zero-order chi connectivity index (χ0) is 0. The van der Waals surface area contributed by atoms with Crippen molar-refractivity contribution in [1.82, 2.24) is 0 Å². The first-order valence-corrected chi connectivity index (χ1v) is 0. The Bertz CT molecular complexity index is 8.00. The molecule has 0 aliphatic carbocycles. The molecule has 0 aromatic rings. The maximum Gasteiger partial charge on any atom is 3.00 e. The van der Waals surface area contributed by atoms with Crippen LogP contribution in [0, 0.1) is 0 Å². The van der Waals surface area contributed by atoms with Gasteiger partial charge in [-0.15, -0.1) is 0 Å². The summed E-state index contributed by atoms with van der Waals surface area (Å²) in [6, 6.07) is 0. The predicted molar refractivity (Wildman–Crippen MR) is 6.44 cm³/mol. The topological polar surface area (TPSA) is 28.5 Å². The van der Waals surface area contributed by atoms with Crippen LogP contribution in [0.15, 0.2) is 0 Å². The fourth-order valence-corrected chi connectivity index (χ4v) is 0. The quantitative estimate of drug-likeness (QED) is 0.537. The second-order valence-electron chi connectivity index (χ2n) is 0. The summed E-state index contributed by atoms with van der Waals surface area (Å²) in [6.07, 6.45) is 0. The van der Waals surface area contributed by atoms with Crippen molar-refractivity contribution >= 4 is 23.1 Å². The molecule has 0 heterocycles. The normalized spacial score (nSPS) is 0. The van der Waals surface area contributed by atoms with Crippen molar-refractivity contribution < 1.29 is 46.0 Å². The first kappa shape index (κ1) is 36.9. The predicted octanol–water partition coefficient (Wildman–Crippen LogP) is -0.505. The standard InChI is InChI=1S/Mg.O.Ru.W/q+2;-2;+3;. The van der Waals surface area contributed by atoms with E-state index in [0.717, 1.165) is 0 Å². The second-order valence-corrected chi connectivity index (χ2v) is 0. The van der Waals surface area contributed by atoms with Crippen LogP contribution in [-0.2, 0) is 46.0 Å². The van der Waals surface area contributed by atoms with E-state index in [1.54, 1.807) is 0 Å². The molecule has 0 saturated carbocycles. The minimum absolute atomic E-state index is 0. The Labute approximate surface area is 68.4 Å². The molecule has 0 aliphatic heterocycles. The van der Waals surface area contributed by atoms with Crippen molar-refractivity contribution in [2.45, 2.75) is 0 Å². The average Bonchev–Trinajstić information content (AvgIpc) is 0. The Kier molecular flexibility index (Phi) is 182. The van der Waals surface area contributed by atoms with Gasteiger partial charge >= 0.3 is 42.5 Å². The van der Waals surface area contributed by atoms with Gasteiger partial charge in [0.25, 0.3) is 0 Å². The second kappa shape index (κ2) is 19.8. The van der Waals surface area contributed by atoms with Crippen molar-refractivity contribution in [3.63, 3.8) is 0 Å². The molecule has 0 unspecified atom stereocenters. The fraction of sp³-hybridized carbons (Fsp3) is 0. The fourth-order valence-electron chi connectivity index (χ4n) is 0. The van der Waals surface area contributed by atoms with E-state index in [1.807, 2.05) is 0 Å². The molecule has 0 aromatic heterocycles. The molecule has 1 nitrogen and oxygen atoms in total. The molecule has 0 aliphatic rings. The van der Waals surface area contributed by atoms with E-state index >= 15 is 0 Å². The van der Waals surface area contributed by atoms with Gasteiger partial charge in [0.2, 0.25) is 0 Å². The maximum absolute atomic E-state index is 0. The molecule has 0 fully saturated rings. The molecule has 0 N–H and O–H groups in total. The third-order valence-electron chi connectivity index (χ3n) is 0. The Morgan fingerprint density at radius 3 is 1.00 bits per heavy atom. The summed E-state index contributed by atoms with van der Waals surface area (Å²) in [5.74, 6) is 0. The summed E-state index contributed by atoms with van der Waals surface area (Å²) >= 11 is 0. The average molecular weight is 325 g/mol. The van der Waals surface area contributed by atoms with E-state index in [-0.39, 0.29) is 69.1 Å². The van der Waals surface area contributed by atoms with E-state index < -0.39 is 0 Å². The molecule has 4 heteroatoms. The third kappa shape index (κ3) is 8.97. The third-order valence-corrected chi connectivity index (χ3v) is 0. The molecule has 0 amide bonds. The molecule has 0 bridgehead atoms. The summed E-state index contributed by atoms with van der Waals surface area (Å²) in [7, 11) is 0. The molecule has 0 rings (SSSR count). The van der Waals surface area contributed by atoms with E-state index in [1.165, 1.54) is 0 Å². The summed E-state index contributed by atoms with van der Waals surface area (Å²) < 4.78 is 0. The van der Waals surface area contributed by atoms with Crippen molar-refractivity contribution in [2.75, 3.05) is 0 Å². The minimum Gasteiger partial charge on any atom is -2.00 e. The van der Waals surface area contributed by atoms with Crippen LogP contribution in [0.5, 0.6) is 0 Å². The van der Waals surface area contributed by atoms with E-state index in [2.05, 4.69) is 0 Å². The molecule has 1 radical (unpaired) electrons. The van der Waals surface area contributed by atoms with Crippen LogP contribution in [0.3, 0.4) is 0 Å². The van der Waals surface area contributed by atoms with Crippen LogP contribution < -0.4 is 0 Å². The Morgan fingerprint density at radius 2 is 1.00 bits per heavy atom. The summed E-state index contributed by atoms with van der Waals surface area (Å²) in [5, 5.41) is 0. The van der Waals surface area contributed by atoms with E-state index in [0.29, 0.717) is 0 Å². The van der Waals surface area contributed by atoms with Crippen molar-refractivity contribution in [1.29, 1.82) is 0 Å². The van der Waals surface area contributed by atoms with Crippen LogP contribution in [0.2, 0.25) is 0 Å². The SMILES string of the molecule is [Mg+2].[O-2].[Ru+3].[W]. The van der Waals surface area contributed by atoms with E-state index in [9.17, 15) is 0 Å². The smallest absolute Gasteiger partial charge is 2.00 e. The van der Waals surface area contributed by atoms with Gasteiger partial charge in [0, 0.05) is 21.1 Å². The number of rotatable bonds is 0. The van der Waals surface area contributed by atoms with Crippen LogP contribution in [-0.4, -0.2) is 23.1 Å². The molecular formula is MgORuW+3. The van der Waals surface area contributed by atoms with Gasteiger partial charge in [-0.2, -0.15) is 0 Å². The molecule has 0 spiro atoms. The van der Waals surface area contributed by atoms with Gasteiger partial charge in [0.05, 0.1) is 0 Å². The molecule has 19 valence electrons. The zero-order valence-corrected chi connectivity index (χ0v) is 7.96. The monoisotopic (exact) mass is 326 g/mol. The van der Waals surface area contributed by atoms with Gasteiger partial charge < -0.3 is 5.48 Å². The zero-order valence-electron chi connectivity index (χ0n) is 1.88. The molecular weight excluding hydrogens is 325 g/mol. The molecule has 4 heavy (non-hydrogen) atoms. The Balaban J connectivity index is 0. The Morgan fingerprint density at radius 1 is 1.00 bits per heavy atom. The van der Waals surface area contributed by atoms with Gasteiger partial charge in [-0.25, -0.2) is 0 Å². The van der Waals surface area contributed by atoms with Gasteiger partial charge in [-0.05, 0) is 0 Å². The summed E-state index contributed by atoms with van der Waals surface area (Å²) in [4.78, 5) is 0. The summed E-state index contributed by atoms with van der Waals surface area (Å²) in [5.41, 5.74) is 0. The van der Waals surface area contributed by atoms with Crippen LogP contribution in [0.4, 0.5) is 0 Å². The molecule has 0 saturated heterocycles. The first-order valence-electron chi connectivity index (χ1n) is 0. The Hall–Kier alpha value is 2.04. The van der Waals surface area contributed by atoms with Gasteiger partial charge in [0.1, 0.15) is 0 Å². The van der Waals surface area contributed by atoms with Crippen LogP contribution in [0.25, 0.3) is 0 Å².